The summed E-state index contributed by atoms with van der Waals surface area (Å²) < 4.78 is 1.72. The first kappa shape index (κ1) is 16.6. The summed E-state index contributed by atoms with van der Waals surface area (Å²) in [6.07, 6.45) is 2.35. The number of thiocarbonyl (C=S) groups is 1. The lowest BCUT2D eigenvalue weighted by atomic mass is 10.2. The van der Waals surface area contributed by atoms with Crippen LogP contribution < -0.4 is 16.4 Å². The van der Waals surface area contributed by atoms with Crippen molar-refractivity contribution >= 4 is 35.0 Å². The van der Waals surface area contributed by atoms with Crippen molar-refractivity contribution in [3.8, 4) is 0 Å². The number of carbonyl (C=O) groups is 2. The summed E-state index contributed by atoms with van der Waals surface area (Å²) >= 11 is 5.13. The molecule has 0 fully saturated rings. The standard InChI is InChI=1S/C15H17N5O2S/c1-2-8-20-9-17-11(12(16)21)13(20)18-15(23)19-14(22)10-6-4-3-5-7-10/h3-7,9H,2,8H2,1H3,(H2,16,21)(H2,18,19,22,23). The minimum absolute atomic E-state index is 0.0687. The van der Waals surface area contributed by atoms with Crippen LogP contribution in [0, 0.1) is 0 Å². The molecule has 0 spiro atoms. The lowest BCUT2D eigenvalue weighted by Gasteiger charge is -2.12. The van der Waals surface area contributed by atoms with Crippen LogP contribution in [0.15, 0.2) is 36.7 Å². The van der Waals surface area contributed by atoms with E-state index in [-0.39, 0.29) is 16.7 Å². The second-order valence-corrected chi connectivity index (χ2v) is 5.18. The quantitative estimate of drug-likeness (QED) is 0.721. The van der Waals surface area contributed by atoms with Gasteiger partial charge < -0.3 is 15.6 Å². The maximum atomic E-state index is 12.1. The van der Waals surface area contributed by atoms with Crippen molar-refractivity contribution in [1.82, 2.24) is 14.9 Å². The number of nitrogens with zero attached hydrogens (tertiary/aromatic N) is 2. The zero-order valence-corrected chi connectivity index (χ0v) is 13.4. The molecule has 0 saturated carbocycles. The molecule has 2 aromatic rings. The second kappa shape index (κ2) is 7.50. The first-order valence-electron chi connectivity index (χ1n) is 7.05. The lowest BCUT2D eigenvalue weighted by molar-refractivity contribution is 0.0975. The molecule has 1 aromatic carbocycles. The van der Waals surface area contributed by atoms with Crippen molar-refractivity contribution in [2.45, 2.75) is 19.9 Å². The van der Waals surface area contributed by atoms with E-state index < -0.39 is 5.91 Å². The number of nitrogens with two attached hydrogens (primary N) is 1. The lowest BCUT2D eigenvalue weighted by Crippen LogP contribution is -2.35. The van der Waals surface area contributed by atoms with Gasteiger partial charge in [0.2, 0.25) is 0 Å². The molecule has 0 bridgehead atoms. The molecular weight excluding hydrogens is 314 g/mol. The fraction of sp³-hybridized carbons (Fsp3) is 0.200. The van der Waals surface area contributed by atoms with E-state index in [4.69, 9.17) is 18.0 Å². The predicted octanol–water partition coefficient (Wildman–Crippen LogP) is 1.52. The normalized spacial score (nSPS) is 10.1. The van der Waals surface area contributed by atoms with Gasteiger partial charge in [-0.05, 0) is 30.8 Å². The molecule has 0 atom stereocenters. The average molecular weight is 331 g/mol. The van der Waals surface area contributed by atoms with E-state index in [1.807, 2.05) is 13.0 Å². The van der Waals surface area contributed by atoms with E-state index in [0.717, 1.165) is 6.42 Å². The van der Waals surface area contributed by atoms with E-state index in [2.05, 4.69) is 15.6 Å². The van der Waals surface area contributed by atoms with Gasteiger partial charge in [-0.25, -0.2) is 4.98 Å². The third-order valence-electron chi connectivity index (χ3n) is 3.03. The van der Waals surface area contributed by atoms with Gasteiger partial charge in [0, 0.05) is 12.1 Å². The number of aryl methyl sites for hydroxylation is 1. The van der Waals surface area contributed by atoms with E-state index in [0.29, 0.717) is 17.9 Å². The number of hydrogen-bond donors (Lipinski definition) is 3. The highest BCUT2D eigenvalue weighted by molar-refractivity contribution is 7.80. The first-order chi connectivity index (χ1) is 11.0. The van der Waals surface area contributed by atoms with E-state index in [1.165, 1.54) is 6.33 Å². The molecule has 1 heterocycles. The maximum Gasteiger partial charge on any atom is 0.271 e. The van der Waals surface area contributed by atoms with Gasteiger partial charge in [0.1, 0.15) is 5.82 Å². The smallest absolute Gasteiger partial charge is 0.271 e. The Labute approximate surface area is 138 Å². The zero-order valence-electron chi connectivity index (χ0n) is 12.6. The highest BCUT2D eigenvalue weighted by Gasteiger charge is 2.17. The molecule has 23 heavy (non-hydrogen) atoms. The minimum atomic E-state index is -0.667. The fourth-order valence-corrected chi connectivity index (χ4v) is 2.20. The Morgan fingerprint density at radius 3 is 2.61 bits per heavy atom. The Balaban J connectivity index is 2.12. The SMILES string of the molecule is CCCn1cnc(C(N)=O)c1NC(=S)NC(=O)c1ccccc1. The largest absolute Gasteiger partial charge is 0.364 e. The molecule has 7 nitrogen and oxygen atoms in total. The molecule has 0 aliphatic carbocycles. The van der Waals surface area contributed by atoms with Crippen molar-refractivity contribution in [1.29, 1.82) is 0 Å². The van der Waals surface area contributed by atoms with Crippen molar-refractivity contribution in [2.24, 2.45) is 5.73 Å². The second-order valence-electron chi connectivity index (χ2n) is 4.77. The van der Waals surface area contributed by atoms with Gasteiger partial charge in [-0.3, -0.25) is 14.9 Å². The molecule has 120 valence electrons. The number of nitrogens with one attached hydrogen (secondary N) is 2. The molecular formula is C15H17N5O2S. The molecule has 0 radical (unpaired) electrons. The molecule has 0 unspecified atom stereocenters. The number of anilines is 1. The minimum Gasteiger partial charge on any atom is -0.364 e. The Morgan fingerprint density at radius 1 is 1.30 bits per heavy atom. The summed E-state index contributed by atoms with van der Waals surface area (Å²) in [5.41, 5.74) is 5.87. The molecule has 0 aliphatic heterocycles. The third-order valence-corrected chi connectivity index (χ3v) is 3.23. The number of rotatable bonds is 5. The molecule has 2 rings (SSSR count). The van der Waals surface area contributed by atoms with Gasteiger partial charge in [-0.1, -0.05) is 25.1 Å². The van der Waals surface area contributed by atoms with Gasteiger partial charge in [0.25, 0.3) is 11.8 Å². The fourth-order valence-electron chi connectivity index (χ4n) is 2.01. The molecule has 0 saturated heterocycles. The number of carbonyl (C=O) groups excluding carboxylic acids is 2. The summed E-state index contributed by atoms with van der Waals surface area (Å²) in [5, 5.41) is 5.45. The van der Waals surface area contributed by atoms with Crippen molar-refractivity contribution in [3.05, 3.63) is 47.9 Å². The third kappa shape index (κ3) is 4.13. The van der Waals surface area contributed by atoms with E-state index >= 15 is 0 Å². The zero-order chi connectivity index (χ0) is 16.8. The highest BCUT2D eigenvalue weighted by Crippen LogP contribution is 2.14. The van der Waals surface area contributed by atoms with Gasteiger partial charge in [-0.2, -0.15) is 0 Å². The monoisotopic (exact) mass is 331 g/mol. The highest BCUT2D eigenvalue weighted by atomic mass is 32.1. The molecule has 8 heteroatoms. The van der Waals surface area contributed by atoms with Crippen molar-refractivity contribution in [3.63, 3.8) is 0 Å². The Bertz CT molecular complexity index is 727. The molecule has 4 N–H and O–H groups in total. The number of aromatic nitrogens is 2. The van der Waals surface area contributed by atoms with Crippen LogP contribution in [0.5, 0.6) is 0 Å². The van der Waals surface area contributed by atoms with Crippen molar-refractivity contribution < 1.29 is 9.59 Å². The number of hydrogen-bond acceptors (Lipinski definition) is 4. The molecule has 2 amide bonds. The van der Waals surface area contributed by atoms with Crippen LogP contribution in [0.4, 0.5) is 5.82 Å². The topological polar surface area (TPSA) is 102 Å². The maximum absolute atomic E-state index is 12.1. The van der Waals surface area contributed by atoms with Crippen LogP contribution >= 0.6 is 12.2 Å². The predicted molar refractivity (Wildman–Crippen MR) is 91.2 cm³/mol. The van der Waals surface area contributed by atoms with Crippen LogP contribution in [-0.4, -0.2) is 26.5 Å². The van der Waals surface area contributed by atoms with Crippen LogP contribution in [0.1, 0.15) is 34.2 Å². The van der Waals surface area contributed by atoms with Gasteiger partial charge in [0.05, 0.1) is 6.33 Å². The van der Waals surface area contributed by atoms with E-state index in [9.17, 15) is 9.59 Å². The van der Waals surface area contributed by atoms with Gasteiger partial charge >= 0.3 is 0 Å². The van der Waals surface area contributed by atoms with Crippen LogP contribution in [0.2, 0.25) is 0 Å². The molecule has 0 aliphatic rings. The average Bonchev–Trinajstić information content (AvgIpc) is 2.91. The summed E-state index contributed by atoms with van der Waals surface area (Å²) in [4.78, 5) is 27.5. The summed E-state index contributed by atoms with van der Waals surface area (Å²) in [7, 11) is 0. The summed E-state index contributed by atoms with van der Waals surface area (Å²) in [5.74, 6) is -0.637. The number of amides is 2. The first-order valence-corrected chi connectivity index (χ1v) is 7.46. The number of benzene rings is 1. The Hall–Kier alpha value is -2.74. The van der Waals surface area contributed by atoms with Crippen LogP contribution in [0.3, 0.4) is 0 Å². The molecule has 1 aromatic heterocycles. The van der Waals surface area contributed by atoms with Gasteiger partial charge in [-0.15, -0.1) is 0 Å². The number of imidazole rings is 1. The Kier molecular flexibility index (Phi) is 5.42. The summed E-state index contributed by atoms with van der Waals surface area (Å²) in [6, 6.07) is 8.68. The number of primary amides is 1. The van der Waals surface area contributed by atoms with Crippen LogP contribution in [-0.2, 0) is 6.54 Å². The van der Waals surface area contributed by atoms with Crippen LogP contribution in [0.25, 0.3) is 0 Å². The van der Waals surface area contributed by atoms with E-state index in [1.54, 1.807) is 28.8 Å². The Morgan fingerprint density at radius 2 is 2.00 bits per heavy atom. The van der Waals surface area contributed by atoms with Crippen molar-refractivity contribution in [2.75, 3.05) is 5.32 Å². The van der Waals surface area contributed by atoms with Gasteiger partial charge in [0.15, 0.2) is 10.8 Å². The summed E-state index contributed by atoms with van der Waals surface area (Å²) in [6.45, 7) is 2.63.